The molecule has 1 atom stereocenters. The van der Waals surface area contributed by atoms with Gasteiger partial charge in [-0.3, -0.25) is 0 Å². The molecule has 0 saturated carbocycles. The lowest BCUT2D eigenvalue weighted by molar-refractivity contribution is 0.282. The summed E-state index contributed by atoms with van der Waals surface area (Å²) in [7, 11) is 0. The summed E-state index contributed by atoms with van der Waals surface area (Å²) in [5.74, 6) is 0. The van der Waals surface area contributed by atoms with Gasteiger partial charge in [-0.25, -0.2) is 0 Å². The van der Waals surface area contributed by atoms with Crippen molar-refractivity contribution in [1.29, 1.82) is 0 Å². The molecule has 0 heterocycles. The van der Waals surface area contributed by atoms with Crippen LogP contribution < -0.4 is 11.1 Å². The second-order valence-corrected chi connectivity index (χ2v) is 3.89. The molecule has 0 aliphatic rings. The average Bonchev–Trinajstić information content (AvgIpc) is 2.20. The Kier molecular flexibility index (Phi) is 6.35. The Morgan fingerprint density at radius 3 is 1.85 bits per heavy atom. The first-order valence-corrected chi connectivity index (χ1v) is 5.64. The first-order valence-electron chi connectivity index (χ1n) is 5.64. The Balaban J connectivity index is 3.95. The van der Waals surface area contributed by atoms with Crippen molar-refractivity contribution in [2.75, 3.05) is 6.54 Å². The molecule has 0 aromatic carbocycles. The van der Waals surface area contributed by atoms with Crippen molar-refractivity contribution in [1.82, 2.24) is 5.32 Å². The molecule has 80 valence electrons. The van der Waals surface area contributed by atoms with Crippen molar-refractivity contribution < 1.29 is 0 Å². The molecule has 13 heavy (non-hydrogen) atoms. The zero-order chi connectivity index (χ0) is 10.3. The van der Waals surface area contributed by atoms with Crippen LogP contribution in [0.15, 0.2) is 0 Å². The van der Waals surface area contributed by atoms with Gasteiger partial charge in [-0.1, -0.05) is 27.7 Å². The summed E-state index contributed by atoms with van der Waals surface area (Å²) in [6.45, 7) is 9.83. The minimum atomic E-state index is 0.309. The Labute approximate surface area is 83.3 Å². The van der Waals surface area contributed by atoms with E-state index in [1.165, 1.54) is 19.3 Å². The summed E-state index contributed by atoms with van der Waals surface area (Å²) in [6.07, 6.45) is 4.63. The molecule has 0 aliphatic heterocycles. The van der Waals surface area contributed by atoms with E-state index in [0.29, 0.717) is 11.6 Å². The molecule has 2 heteroatoms. The zero-order valence-electron chi connectivity index (χ0n) is 9.69. The molecule has 1 unspecified atom stereocenters. The van der Waals surface area contributed by atoms with Crippen LogP contribution in [0.2, 0.25) is 0 Å². The average molecular weight is 186 g/mol. The highest BCUT2D eigenvalue weighted by molar-refractivity contribution is 4.85. The van der Waals surface area contributed by atoms with Crippen molar-refractivity contribution in [2.24, 2.45) is 5.73 Å². The Morgan fingerprint density at radius 1 is 1.08 bits per heavy atom. The van der Waals surface area contributed by atoms with Crippen LogP contribution in [0.25, 0.3) is 0 Å². The van der Waals surface area contributed by atoms with Gasteiger partial charge in [-0.15, -0.1) is 0 Å². The summed E-state index contributed by atoms with van der Waals surface area (Å²) in [4.78, 5) is 0. The van der Waals surface area contributed by atoms with E-state index < -0.39 is 0 Å². The highest BCUT2D eigenvalue weighted by Gasteiger charge is 2.22. The third kappa shape index (κ3) is 4.10. The summed E-state index contributed by atoms with van der Waals surface area (Å²) in [5.41, 5.74) is 6.21. The fourth-order valence-electron chi connectivity index (χ4n) is 1.62. The number of hydrogen-bond acceptors (Lipinski definition) is 2. The number of nitrogens with two attached hydrogens (primary N) is 1. The highest BCUT2D eigenvalue weighted by Crippen LogP contribution is 2.18. The maximum absolute atomic E-state index is 5.88. The maximum Gasteiger partial charge on any atom is 0.0174 e. The number of nitrogens with one attached hydrogen (secondary N) is 1. The lowest BCUT2D eigenvalue weighted by Crippen LogP contribution is -2.48. The van der Waals surface area contributed by atoms with Gasteiger partial charge in [0.15, 0.2) is 0 Å². The Bertz CT molecular complexity index is 111. The Morgan fingerprint density at radius 2 is 1.54 bits per heavy atom. The van der Waals surface area contributed by atoms with Crippen LogP contribution in [0, 0.1) is 0 Å². The van der Waals surface area contributed by atoms with E-state index in [0.717, 1.165) is 13.0 Å². The van der Waals surface area contributed by atoms with Gasteiger partial charge in [0.25, 0.3) is 0 Å². The molecule has 0 rings (SSSR count). The van der Waals surface area contributed by atoms with E-state index in [2.05, 4.69) is 33.0 Å². The van der Waals surface area contributed by atoms with Crippen LogP contribution in [0.3, 0.4) is 0 Å². The van der Waals surface area contributed by atoms with Crippen molar-refractivity contribution in [3.63, 3.8) is 0 Å². The SMILES string of the molecule is CCC(N)CNC(CC)(CC)CC. The van der Waals surface area contributed by atoms with Gasteiger partial charge in [-0.2, -0.15) is 0 Å². The van der Waals surface area contributed by atoms with E-state index >= 15 is 0 Å². The van der Waals surface area contributed by atoms with Gasteiger partial charge in [0.2, 0.25) is 0 Å². The first-order chi connectivity index (χ1) is 6.14. The standard InChI is InChI=1S/C11H26N2/c1-5-10(12)9-13-11(6-2,7-3)8-4/h10,13H,5-9,12H2,1-4H3. The van der Waals surface area contributed by atoms with Gasteiger partial charge < -0.3 is 11.1 Å². The molecule has 3 N–H and O–H groups in total. The topological polar surface area (TPSA) is 38.0 Å². The van der Waals surface area contributed by atoms with Crippen LogP contribution >= 0.6 is 0 Å². The highest BCUT2D eigenvalue weighted by atomic mass is 15.0. The molecule has 0 saturated heterocycles. The quantitative estimate of drug-likeness (QED) is 0.640. The molecule has 0 spiro atoms. The zero-order valence-corrected chi connectivity index (χ0v) is 9.69. The third-order valence-electron chi connectivity index (χ3n) is 3.29. The minimum absolute atomic E-state index is 0.309. The van der Waals surface area contributed by atoms with Crippen molar-refractivity contribution in [3.8, 4) is 0 Å². The lowest BCUT2D eigenvalue weighted by Gasteiger charge is -2.33. The van der Waals surface area contributed by atoms with E-state index in [-0.39, 0.29) is 0 Å². The summed E-state index contributed by atoms with van der Waals surface area (Å²) in [6, 6.07) is 0.309. The molecule has 0 amide bonds. The van der Waals surface area contributed by atoms with Gasteiger partial charge in [0, 0.05) is 18.1 Å². The van der Waals surface area contributed by atoms with Gasteiger partial charge in [-0.05, 0) is 25.7 Å². The van der Waals surface area contributed by atoms with E-state index in [4.69, 9.17) is 5.73 Å². The lowest BCUT2D eigenvalue weighted by atomic mass is 9.89. The smallest absolute Gasteiger partial charge is 0.0174 e. The van der Waals surface area contributed by atoms with Gasteiger partial charge in [0.1, 0.15) is 0 Å². The van der Waals surface area contributed by atoms with Gasteiger partial charge >= 0.3 is 0 Å². The first kappa shape index (κ1) is 12.9. The van der Waals surface area contributed by atoms with E-state index in [1.807, 2.05) is 0 Å². The monoisotopic (exact) mass is 186 g/mol. The minimum Gasteiger partial charge on any atom is -0.327 e. The summed E-state index contributed by atoms with van der Waals surface area (Å²) in [5, 5.41) is 3.61. The molecule has 0 fully saturated rings. The van der Waals surface area contributed by atoms with E-state index in [9.17, 15) is 0 Å². The van der Waals surface area contributed by atoms with Gasteiger partial charge in [0.05, 0.1) is 0 Å². The fraction of sp³-hybridized carbons (Fsp3) is 1.00. The number of rotatable bonds is 7. The summed E-state index contributed by atoms with van der Waals surface area (Å²) < 4.78 is 0. The van der Waals surface area contributed by atoms with Crippen molar-refractivity contribution in [3.05, 3.63) is 0 Å². The molecule has 0 bridgehead atoms. The Hall–Kier alpha value is -0.0800. The van der Waals surface area contributed by atoms with Crippen LogP contribution in [-0.4, -0.2) is 18.1 Å². The van der Waals surface area contributed by atoms with Crippen molar-refractivity contribution in [2.45, 2.75) is 65.0 Å². The normalized spacial score (nSPS) is 14.5. The molecule has 0 aromatic heterocycles. The largest absolute Gasteiger partial charge is 0.327 e. The maximum atomic E-state index is 5.88. The van der Waals surface area contributed by atoms with Crippen LogP contribution in [0.1, 0.15) is 53.4 Å². The number of hydrogen-bond donors (Lipinski definition) is 2. The third-order valence-corrected chi connectivity index (χ3v) is 3.29. The molecule has 0 aromatic rings. The predicted molar refractivity (Wildman–Crippen MR) is 59.9 cm³/mol. The van der Waals surface area contributed by atoms with Crippen LogP contribution in [-0.2, 0) is 0 Å². The fourth-order valence-corrected chi connectivity index (χ4v) is 1.62. The van der Waals surface area contributed by atoms with E-state index in [1.54, 1.807) is 0 Å². The van der Waals surface area contributed by atoms with Crippen LogP contribution in [0.5, 0.6) is 0 Å². The van der Waals surface area contributed by atoms with Crippen molar-refractivity contribution >= 4 is 0 Å². The molecular weight excluding hydrogens is 160 g/mol. The van der Waals surface area contributed by atoms with Crippen LogP contribution in [0.4, 0.5) is 0 Å². The predicted octanol–water partition coefficient (Wildman–Crippen LogP) is 2.28. The molecule has 0 radical (unpaired) electrons. The molecule has 0 aliphatic carbocycles. The molecule has 2 nitrogen and oxygen atoms in total. The summed E-state index contributed by atoms with van der Waals surface area (Å²) >= 11 is 0. The second-order valence-electron chi connectivity index (χ2n) is 3.89. The molecular formula is C11H26N2. The second kappa shape index (κ2) is 6.39.